The van der Waals surface area contributed by atoms with Crippen LogP contribution in [0, 0.1) is 23.2 Å². The zero-order chi connectivity index (χ0) is 31.1. The zero-order valence-electron chi connectivity index (χ0n) is 24.4. The molecule has 3 fully saturated rings. The summed E-state index contributed by atoms with van der Waals surface area (Å²) in [5, 5.41) is 17.3. The normalized spacial score (nSPS) is 22.6. The molecule has 2 amide bonds. The number of nitrogens with one attached hydrogen (secondary N) is 2. The maximum atomic E-state index is 14.0. The first kappa shape index (κ1) is 31.1. The SMILES string of the molecule is CN(C(=O)O)c1ccc(-c2nc([C@@H]3C[C@H](C4CCN(S(C)(=O)=O)CC4)CN3C(=O)C3CCN(C(=N)N)CC3)[nH]c2Cl)cc1. The van der Waals surface area contributed by atoms with Gasteiger partial charge in [-0.1, -0.05) is 23.7 Å². The second-order valence-corrected chi connectivity index (χ2v) is 14.2. The highest BCUT2D eigenvalue weighted by atomic mass is 35.5. The van der Waals surface area contributed by atoms with Gasteiger partial charge >= 0.3 is 6.09 Å². The topological polar surface area (TPSA) is 180 Å². The van der Waals surface area contributed by atoms with E-state index in [0.717, 1.165) is 17.7 Å². The molecule has 0 aliphatic carbocycles. The van der Waals surface area contributed by atoms with Crippen molar-refractivity contribution < 1.29 is 23.1 Å². The summed E-state index contributed by atoms with van der Waals surface area (Å²) < 4.78 is 25.6. The average molecular weight is 635 g/mol. The first-order chi connectivity index (χ1) is 20.3. The maximum absolute atomic E-state index is 14.0. The molecular weight excluding hydrogens is 596 g/mol. The number of carbonyl (C=O) groups is 2. The molecule has 3 aliphatic rings. The number of hydrogen-bond acceptors (Lipinski definition) is 6. The molecule has 0 spiro atoms. The van der Waals surface area contributed by atoms with Crippen molar-refractivity contribution in [2.75, 3.05) is 50.9 Å². The van der Waals surface area contributed by atoms with E-state index in [9.17, 15) is 23.1 Å². The Labute approximate surface area is 256 Å². The molecule has 0 bridgehead atoms. The van der Waals surface area contributed by atoms with E-state index in [1.165, 1.54) is 17.6 Å². The van der Waals surface area contributed by atoms with Gasteiger partial charge in [-0.25, -0.2) is 22.5 Å². The lowest BCUT2D eigenvalue weighted by Gasteiger charge is -2.35. The Morgan fingerprint density at radius 2 is 1.72 bits per heavy atom. The fraction of sp³-hybridized carbons (Fsp3) is 0.571. The van der Waals surface area contributed by atoms with Crippen molar-refractivity contribution in [1.82, 2.24) is 24.1 Å². The number of carboxylic acid groups (broad SMARTS) is 1. The van der Waals surface area contributed by atoms with Crippen molar-refractivity contribution in [2.45, 2.75) is 38.1 Å². The van der Waals surface area contributed by atoms with Gasteiger partial charge in [0.15, 0.2) is 5.96 Å². The predicted molar refractivity (Wildman–Crippen MR) is 163 cm³/mol. The second kappa shape index (κ2) is 12.3. The third-order valence-electron chi connectivity index (χ3n) is 9.24. The van der Waals surface area contributed by atoms with Gasteiger partial charge in [-0.3, -0.25) is 15.1 Å². The number of rotatable bonds is 6. The molecule has 2 aromatic rings. The number of carbonyl (C=O) groups excluding carboxylic acids is 1. The molecule has 5 rings (SSSR count). The summed E-state index contributed by atoms with van der Waals surface area (Å²) in [7, 11) is -1.77. The van der Waals surface area contributed by atoms with Gasteiger partial charge in [-0.05, 0) is 56.1 Å². The standard InChI is InChI=1S/C28H39ClN8O5S/c1-34(28(39)40)21-5-3-18(4-6-21)23-24(29)33-25(32-23)22-15-20(17-9-13-36(14-10-17)43(2,41)42)16-37(22)26(38)19-7-11-35(12-8-19)27(30)31/h3-6,17,19-20,22H,7-16H2,1-2H3,(H3,30,31)(H,32,33)(H,39,40)/t20-,22-/m0/s1. The first-order valence-corrected chi connectivity index (χ1v) is 16.7. The fourth-order valence-corrected chi connectivity index (χ4v) is 7.79. The van der Waals surface area contributed by atoms with Crippen molar-refractivity contribution in [2.24, 2.45) is 23.5 Å². The lowest BCUT2D eigenvalue weighted by molar-refractivity contribution is -0.138. The Morgan fingerprint density at radius 3 is 2.28 bits per heavy atom. The largest absolute Gasteiger partial charge is 0.465 e. The summed E-state index contributed by atoms with van der Waals surface area (Å²) >= 11 is 6.65. The summed E-state index contributed by atoms with van der Waals surface area (Å²) in [5.41, 5.74) is 7.41. The van der Waals surface area contributed by atoms with Crippen LogP contribution in [0.25, 0.3) is 11.3 Å². The molecule has 13 nitrogen and oxygen atoms in total. The number of piperidine rings is 2. The minimum atomic E-state index is -3.24. The number of sulfonamides is 1. The highest BCUT2D eigenvalue weighted by Crippen LogP contribution is 2.43. The first-order valence-electron chi connectivity index (χ1n) is 14.5. The number of benzene rings is 1. The van der Waals surface area contributed by atoms with Gasteiger partial charge in [0.2, 0.25) is 15.9 Å². The van der Waals surface area contributed by atoms with Crippen LogP contribution in [0.4, 0.5) is 10.5 Å². The lowest BCUT2D eigenvalue weighted by Crippen LogP contribution is -2.46. The van der Waals surface area contributed by atoms with E-state index in [2.05, 4.69) is 4.98 Å². The highest BCUT2D eigenvalue weighted by Gasteiger charge is 2.44. The Kier molecular flexibility index (Phi) is 8.91. The van der Waals surface area contributed by atoms with Gasteiger partial charge in [0.05, 0.1) is 12.3 Å². The molecular formula is C28H39ClN8O5S. The van der Waals surface area contributed by atoms with E-state index >= 15 is 0 Å². The average Bonchev–Trinajstić information content (AvgIpc) is 3.60. The third-order valence-corrected chi connectivity index (χ3v) is 10.8. The van der Waals surface area contributed by atoms with Crippen molar-refractivity contribution in [1.29, 1.82) is 5.41 Å². The molecule has 0 radical (unpaired) electrons. The number of likely N-dealkylation sites (tertiary alicyclic amines) is 2. The molecule has 3 saturated heterocycles. The predicted octanol–water partition coefficient (Wildman–Crippen LogP) is 3.01. The number of halogens is 1. The number of aromatic amines is 1. The van der Waals surface area contributed by atoms with Crippen molar-refractivity contribution in [3.05, 3.63) is 35.2 Å². The number of hydrogen-bond donors (Lipinski definition) is 4. The molecule has 0 saturated carbocycles. The number of nitrogens with two attached hydrogens (primary N) is 1. The summed E-state index contributed by atoms with van der Waals surface area (Å²) in [4.78, 5) is 38.2. The minimum absolute atomic E-state index is 0.0193. The van der Waals surface area contributed by atoms with E-state index in [-0.39, 0.29) is 35.7 Å². The van der Waals surface area contributed by atoms with Gasteiger partial charge < -0.3 is 25.6 Å². The molecule has 5 N–H and O–H groups in total. The number of guanidine groups is 1. The van der Waals surface area contributed by atoms with Crippen molar-refractivity contribution in [3.63, 3.8) is 0 Å². The van der Waals surface area contributed by atoms with Crippen molar-refractivity contribution in [3.8, 4) is 11.3 Å². The van der Waals surface area contributed by atoms with E-state index in [1.807, 2.05) is 4.90 Å². The van der Waals surface area contributed by atoms with E-state index in [0.29, 0.717) is 79.9 Å². The van der Waals surface area contributed by atoms with Crippen LogP contribution in [-0.4, -0.2) is 102 Å². The monoisotopic (exact) mass is 634 g/mol. The summed E-state index contributed by atoms with van der Waals surface area (Å²) in [6.07, 6.45) is 3.57. The summed E-state index contributed by atoms with van der Waals surface area (Å²) in [6, 6.07) is 6.58. The Hall–Kier alpha value is -3.36. The van der Waals surface area contributed by atoms with Crippen LogP contribution in [-0.2, 0) is 14.8 Å². The van der Waals surface area contributed by atoms with Crippen LogP contribution in [0.5, 0.6) is 0 Å². The highest BCUT2D eigenvalue weighted by molar-refractivity contribution is 7.88. The number of imidazole rings is 1. The van der Waals surface area contributed by atoms with Crippen LogP contribution in [0.3, 0.4) is 0 Å². The molecule has 1 aromatic carbocycles. The molecule has 234 valence electrons. The number of aromatic nitrogens is 2. The summed E-state index contributed by atoms with van der Waals surface area (Å²) in [5.74, 6) is 0.947. The van der Waals surface area contributed by atoms with Crippen LogP contribution in [0.1, 0.15) is 44.0 Å². The van der Waals surface area contributed by atoms with E-state index < -0.39 is 16.1 Å². The zero-order valence-corrected chi connectivity index (χ0v) is 25.9. The van der Waals surface area contributed by atoms with Gasteiger partial charge in [-0.2, -0.15) is 0 Å². The number of nitrogens with zero attached hydrogens (tertiary/aromatic N) is 5. The minimum Gasteiger partial charge on any atom is -0.465 e. The quantitative estimate of drug-likeness (QED) is 0.276. The van der Waals surface area contributed by atoms with Crippen LogP contribution in [0.2, 0.25) is 5.15 Å². The molecule has 2 atom stereocenters. The van der Waals surface area contributed by atoms with E-state index in [4.69, 9.17) is 27.7 Å². The molecule has 3 aliphatic heterocycles. The lowest BCUT2D eigenvalue weighted by atomic mass is 9.83. The second-order valence-electron chi connectivity index (χ2n) is 11.8. The molecule has 15 heteroatoms. The van der Waals surface area contributed by atoms with Crippen LogP contribution >= 0.6 is 11.6 Å². The van der Waals surface area contributed by atoms with Crippen LogP contribution in [0.15, 0.2) is 24.3 Å². The number of anilines is 1. The van der Waals surface area contributed by atoms with Crippen LogP contribution < -0.4 is 10.6 Å². The third kappa shape index (κ3) is 6.60. The molecule has 43 heavy (non-hydrogen) atoms. The van der Waals surface area contributed by atoms with Crippen molar-refractivity contribution >= 4 is 45.3 Å². The Morgan fingerprint density at radius 1 is 1.09 bits per heavy atom. The maximum Gasteiger partial charge on any atom is 0.411 e. The Balaban J connectivity index is 1.38. The summed E-state index contributed by atoms with van der Waals surface area (Å²) in [6.45, 7) is 2.63. The molecule has 4 heterocycles. The van der Waals surface area contributed by atoms with Gasteiger partial charge in [0.25, 0.3) is 0 Å². The molecule has 1 aromatic heterocycles. The van der Waals surface area contributed by atoms with Gasteiger partial charge in [0, 0.05) is 56.9 Å². The number of amides is 2. The fourth-order valence-electron chi connectivity index (χ4n) is 6.66. The molecule has 0 unspecified atom stereocenters. The van der Waals surface area contributed by atoms with Gasteiger partial charge in [0.1, 0.15) is 16.7 Å². The smallest absolute Gasteiger partial charge is 0.411 e. The Bertz CT molecular complexity index is 1470. The van der Waals surface area contributed by atoms with Gasteiger partial charge in [-0.15, -0.1) is 0 Å². The van der Waals surface area contributed by atoms with E-state index in [1.54, 1.807) is 29.2 Å². The number of H-pyrrole nitrogens is 1.